The van der Waals surface area contributed by atoms with Gasteiger partial charge in [-0.3, -0.25) is 0 Å². The highest BCUT2D eigenvalue weighted by molar-refractivity contribution is 7.19. The summed E-state index contributed by atoms with van der Waals surface area (Å²) < 4.78 is 8.21. The van der Waals surface area contributed by atoms with Gasteiger partial charge in [-0.2, -0.15) is 5.10 Å². The van der Waals surface area contributed by atoms with Crippen molar-refractivity contribution >= 4 is 40.4 Å². The Hall–Kier alpha value is -1.69. The monoisotopic (exact) mass is 393 g/mol. The molecule has 0 saturated carbocycles. The van der Waals surface area contributed by atoms with E-state index >= 15 is 0 Å². The van der Waals surface area contributed by atoms with E-state index in [1.807, 2.05) is 35.0 Å². The SMILES string of the molecule is COc1ccc(Cl)cc1-n1nc(-c2ccc(Cl)s2)c2c1NCCCC2. The van der Waals surface area contributed by atoms with Crippen LogP contribution in [0.1, 0.15) is 18.4 Å². The molecular weight excluding hydrogens is 377 g/mol. The second-order valence-electron chi connectivity index (χ2n) is 5.89. The van der Waals surface area contributed by atoms with Gasteiger partial charge in [-0.15, -0.1) is 11.3 Å². The third-order valence-electron chi connectivity index (χ3n) is 4.31. The van der Waals surface area contributed by atoms with Crippen LogP contribution in [0.25, 0.3) is 16.3 Å². The number of hydrogen-bond acceptors (Lipinski definition) is 4. The van der Waals surface area contributed by atoms with Crippen molar-refractivity contribution in [2.24, 2.45) is 0 Å². The highest BCUT2D eigenvalue weighted by atomic mass is 35.5. The highest BCUT2D eigenvalue weighted by Gasteiger charge is 2.24. The second kappa shape index (κ2) is 6.90. The lowest BCUT2D eigenvalue weighted by atomic mass is 10.1. The molecule has 0 radical (unpaired) electrons. The van der Waals surface area contributed by atoms with Crippen LogP contribution in [0.3, 0.4) is 0 Å². The summed E-state index contributed by atoms with van der Waals surface area (Å²) in [4.78, 5) is 1.07. The van der Waals surface area contributed by atoms with Crippen LogP contribution in [-0.2, 0) is 6.42 Å². The number of methoxy groups -OCH3 is 1. The van der Waals surface area contributed by atoms with Gasteiger partial charge in [0.1, 0.15) is 22.9 Å². The topological polar surface area (TPSA) is 39.1 Å². The third-order valence-corrected chi connectivity index (χ3v) is 5.78. The molecule has 3 heterocycles. The largest absolute Gasteiger partial charge is 0.494 e. The van der Waals surface area contributed by atoms with Gasteiger partial charge < -0.3 is 10.1 Å². The van der Waals surface area contributed by atoms with E-state index in [0.717, 1.165) is 58.0 Å². The molecule has 0 aliphatic carbocycles. The Balaban J connectivity index is 1.94. The van der Waals surface area contributed by atoms with Crippen molar-refractivity contribution in [1.82, 2.24) is 9.78 Å². The number of anilines is 1. The number of hydrogen-bond donors (Lipinski definition) is 1. The van der Waals surface area contributed by atoms with Gasteiger partial charge in [0, 0.05) is 17.1 Å². The maximum Gasteiger partial charge on any atom is 0.144 e. The Bertz CT molecular complexity index is 919. The fourth-order valence-corrected chi connectivity index (χ4v) is 4.37. The average Bonchev–Trinajstić information content (AvgIpc) is 3.10. The maximum atomic E-state index is 6.23. The van der Waals surface area contributed by atoms with E-state index in [2.05, 4.69) is 5.32 Å². The molecule has 25 heavy (non-hydrogen) atoms. The van der Waals surface area contributed by atoms with E-state index in [1.54, 1.807) is 18.4 Å². The van der Waals surface area contributed by atoms with Crippen LogP contribution >= 0.6 is 34.5 Å². The van der Waals surface area contributed by atoms with Crippen LogP contribution in [0.5, 0.6) is 5.75 Å². The molecule has 1 aliphatic heterocycles. The first-order chi connectivity index (χ1) is 12.2. The van der Waals surface area contributed by atoms with Gasteiger partial charge in [-0.05, 0) is 49.6 Å². The van der Waals surface area contributed by atoms with Crippen LogP contribution < -0.4 is 10.1 Å². The van der Waals surface area contributed by atoms with Crippen molar-refractivity contribution in [2.75, 3.05) is 19.0 Å². The van der Waals surface area contributed by atoms with Crippen molar-refractivity contribution in [1.29, 1.82) is 0 Å². The maximum absolute atomic E-state index is 6.23. The van der Waals surface area contributed by atoms with Gasteiger partial charge in [0.25, 0.3) is 0 Å². The Morgan fingerprint density at radius 3 is 2.84 bits per heavy atom. The number of rotatable bonds is 3. The summed E-state index contributed by atoms with van der Waals surface area (Å²) in [6.45, 7) is 0.923. The summed E-state index contributed by atoms with van der Waals surface area (Å²) in [6.07, 6.45) is 3.24. The van der Waals surface area contributed by atoms with Crippen molar-refractivity contribution in [3.8, 4) is 22.0 Å². The summed E-state index contributed by atoms with van der Waals surface area (Å²) in [7, 11) is 1.66. The Morgan fingerprint density at radius 1 is 1.20 bits per heavy atom. The zero-order valence-corrected chi connectivity index (χ0v) is 16.0. The number of ether oxygens (including phenoxy) is 1. The van der Waals surface area contributed by atoms with Crippen LogP contribution in [0.2, 0.25) is 9.36 Å². The summed E-state index contributed by atoms with van der Waals surface area (Å²) in [5.41, 5.74) is 3.02. The number of nitrogens with one attached hydrogen (secondary N) is 1. The van der Waals surface area contributed by atoms with Crippen LogP contribution in [0.15, 0.2) is 30.3 Å². The fourth-order valence-electron chi connectivity index (χ4n) is 3.14. The van der Waals surface area contributed by atoms with E-state index in [1.165, 1.54) is 5.56 Å². The van der Waals surface area contributed by atoms with Gasteiger partial charge in [0.05, 0.1) is 16.3 Å². The van der Waals surface area contributed by atoms with Crippen molar-refractivity contribution in [3.05, 3.63) is 45.3 Å². The molecule has 130 valence electrons. The molecule has 0 saturated heterocycles. The van der Waals surface area contributed by atoms with E-state index < -0.39 is 0 Å². The van der Waals surface area contributed by atoms with E-state index in [-0.39, 0.29) is 0 Å². The molecule has 0 fully saturated rings. The summed E-state index contributed by atoms with van der Waals surface area (Å²) >= 11 is 13.9. The normalized spacial score (nSPS) is 13.9. The molecule has 1 N–H and O–H groups in total. The van der Waals surface area contributed by atoms with Gasteiger partial charge in [0.15, 0.2) is 0 Å². The minimum absolute atomic E-state index is 0.648. The number of nitrogens with zero attached hydrogens (tertiary/aromatic N) is 2. The van der Waals surface area contributed by atoms with Crippen LogP contribution in [-0.4, -0.2) is 23.4 Å². The lowest BCUT2D eigenvalue weighted by Gasteiger charge is -2.13. The smallest absolute Gasteiger partial charge is 0.144 e. The average molecular weight is 394 g/mol. The van der Waals surface area contributed by atoms with E-state index in [4.69, 9.17) is 33.0 Å². The predicted molar refractivity (Wildman–Crippen MR) is 105 cm³/mol. The molecule has 0 amide bonds. The summed E-state index contributed by atoms with van der Waals surface area (Å²) in [5.74, 6) is 1.74. The number of benzene rings is 1. The first-order valence-electron chi connectivity index (χ1n) is 8.13. The molecule has 2 aromatic heterocycles. The van der Waals surface area contributed by atoms with E-state index in [9.17, 15) is 0 Å². The van der Waals surface area contributed by atoms with Gasteiger partial charge in [-0.25, -0.2) is 4.68 Å². The quantitative estimate of drug-likeness (QED) is 0.623. The first kappa shape index (κ1) is 16.8. The van der Waals surface area contributed by atoms with Crippen molar-refractivity contribution in [3.63, 3.8) is 0 Å². The lowest BCUT2D eigenvalue weighted by molar-refractivity contribution is 0.412. The molecule has 3 aromatic rings. The predicted octanol–water partition coefficient (Wildman–Crippen LogP) is 5.66. The summed E-state index contributed by atoms with van der Waals surface area (Å²) in [6, 6.07) is 9.51. The molecule has 0 atom stereocenters. The van der Waals surface area contributed by atoms with Crippen molar-refractivity contribution < 1.29 is 4.74 Å². The highest BCUT2D eigenvalue weighted by Crippen LogP contribution is 2.39. The van der Waals surface area contributed by atoms with Gasteiger partial charge >= 0.3 is 0 Å². The minimum atomic E-state index is 0.648. The number of halogens is 2. The molecule has 0 bridgehead atoms. The van der Waals surface area contributed by atoms with Crippen LogP contribution in [0, 0.1) is 0 Å². The number of thiophene rings is 1. The molecule has 0 spiro atoms. The van der Waals surface area contributed by atoms with Gasteiger partial charge in [-0.1, -0.05) is 23.2 Å². The van der Waals surface area contributed by atoms with Crippen molar-refractivity contribution in [2.45, 2.75) is 19.3 Å². The zero-order chi connectivity index (χ0) is 17.4. The molecule has 0 unspecified atom stereocenters. The molecule has 1 aliphatic rings. The standard InChI is InChI=1S/C18H17Cl2N3OS/c1-24-14-6-5-11(19)10-13(14)23-18-12(4-2-3-9-21-18)17(22-23)15-7-8-16(20)25-15/h5-8,10,21H,2-4,9H2,1H3. The Kier molecular flexibility index (Phi) is 4.63. The fraction of sp³-hybridized carbons (Fsp3) is 0.278. The number of fused-ring (bicyclic) bond motifs is 1. The third kappa shape index (κ3) is 3.12. The summed E-state index contributed by atoms with van der Waals surface area (Å²) in [5, 5.41) is 9.09. The van der Waals surface area contributed by atoms with E-state index in [0.29, 0.717) is 5.02 Å². The molecular formula is C18H17Cl2N3OS. The minimum Gasteiger partial charge on any atom is -0.494 e. The van der Waals surface area contributed by atoms with Crippen LogP contribution in [0.4, 0.5) is 5.82 Å². The zero-order valence-electron chi connectivity index (χ0n) is 13.7. The van der Waals surface area contributed by atoms with Gasteiger partial charge in [0.2, 0.25) is 0 Å². The Labute approximate surface area is 160 Å². The molecule has 1 aromatic carbocycles. The number of aromatic nitrogens is 2. The molecule has 4 nitrogen and oxygen atoms in total. The first-order valence-corrected chi connectivity index (χ1v) is 9.70. The lowest BCUT2D eigenvalue weighted by Crippen LogP contribution is -2.08. The second-order valence-corrected chi connectivity index (χ2v) is 8.04. The molecule has 4 rings (SSSR count). The Morgan fingerprint density at radius 2 is 2.08 bits per heavy atom. The molecule has 7 heteroatoms.